The fraction of sp³-hybridized carbons (Fsp3) is 0.364. The molecule has 1 aliphatic rings. The smallest absolute Gasteiger partial charge is 0.303 e. The third-order valence-electron chi connectivity index (χ3n) is 7.44. The number of amides is 2. The number of benzene rings is 3. The summed E-state index contributed by atoms with van der Waals surface area (Å²) < 4.78 is 32.3. The summed E-state index contributed by atoms with van der Waals surface area (Å²) in [4.78, 5) is 40.1. The van der Waals surface area contributed by atoms with Crippen LogP contribution < -0.4 is 19.7 Å². The average molecular weight is 643 g/mol. The number of ether oxygens (including phenoxy) is 3. The average Bonchev–Trinajstić information content (AvgIpc) is 3.11. The minimum absolute atomic E-state index is 0.0840. The summed E-state index contributed by atoms with van der Waals surface area (Å²) in [7, 11) is 2.97. The minimum atomic E-state index is -1.36. The highest BCUT2D eigenvalue weighted by Gasteiger charge is 2.40. The third-order valence-corrected chi connectivity index (χ3v) is 7.67. The number of para-hydroxylation sites is 1. The van der Waals surface area contributed by atoms with Gasteiger partial charge in [0.15, 0.2) is 11.5 Å². The number of carbonyl (C=O) groups is 3. The van der Waals surface area contributed by atoms with Gasteiger partial charge < -0.3 is 34.6 Å². The Labute approximate surface area is 265 Å². The van der Waals surface area contributed by atoms with Crippen LogP contribution >= 0.6 is 11.6 Å². The van der Waals surface area contributed by atoms with Crippen LogP contribution in [-0.4, -0.2) is 61.5 Å². The lowest BCUT2D eigenvalue weighted by molar-refractivity contribution is -0.137. The summed E-state index contributed by atoms with van der Waals surface area (Å²) in [5.74, 6) is -2.20. The molecule has 1 heterocycles. The van der Waals surface area contributed by atoms with E-state index in [0.29, 0.717) is 38.9 Å². The fourth-order valence-corrected chi connectivity index (χ4v) is 5.33. The molecule has 4 rings (SSSR count). The maximum Gasteiger partial charge on any atom is 0.303 e. The van der Waals surface area contributed by atoms with E-state index in [-0.39, 0.29) is 31.7 Å². The number of hydrogen-bond acceptors (Lipinski definition) is 7. The number of fused-ring (bicyclic) bond motifs is 1. The monoisotopic (exact) mass is 642 g/mol. The Balaban J connectivity index is 1.77. The number of carboxylic acid groups (broad SMARTS) is 1. The number of nitrogens with one attached hydrogen (secondary N) is 1. The van der Waals surface area contributed by atoms with Crippen LogP contribution in [0.5, 0.6) is 11.5 Å². The van der Waals surface area contributed by atoms with Gasteiger partial charge in [-0.1, -0.05) is 43.6 Å². The van der Waals surface area contributed by atoms with Crippen LogP contribution in [0.15, 0.2) is 54.6 Å². The molecule has 0 radical (unpaired) electrons. The molecule has 0 saturated heterocycles. The third kappa shape index (κ3) is 7.91. The van der Waals surface area contributed by atoms with Crippen molar-refractivity contribution in [3.8, 4) is 11.5 Å². The molecule has 0 fully saturated rings. The van der Waals surface area contributed by atoms with Crippen LogP contribution in [0.2, 0.25) is 5.02 Å². The summed E-state index contributed by atoms with van der Waals surface area (Å²) in [6.45, 7) is 3.45. The number of carbonyl (C=O) groups excluding carboxylic acids is 2. The molecule has 0 aromatic heterocycles. The molecule has 240 valence electrons. The number of carboxylic acids is 1. The number of rotatable bonds is 12. The minimum Gasteiger partial charge on any atom is -0.493 e. The number of nitrogens with zero attached hydrogens (tertiary/aromatic N) is 1. The lowest BCUT2D eigenvalue weighted by Crippen LogP contribution is -2.46. The molecule has 3 aromatic carbocycles. The zero-order valence-electron chi connectivity index (χ0n) is 25.4. The predicted octanol–water partition coefficient (Wildman–Crippen LogP) is 5.38. The van der Waals surface area contributed by atoms with Gasteiger partial charge in [0.2, 0.25) is 5.91 Å². The number of halogens is 2. The van der Waals surface area contributed by atoms with Gasteiger partial charge in [-0.15, -0.1) is 0 Å². The van der Waals surface area contributed by atoms with E-state index >= 15 is 0 Å². The first-order valence-electron chi connectivity index (χ1n) is 14.3. The van der Waals surface area contributed by atoms with Crippen molar-refractivity contribution in [2.45, 2.75) is 45.3 Å². The Morgan fingerprint density at radius 2 is 1.84 bits per heavy atom. The van der Waals surface area contributed by atoms with Crippen molar-refractivity contribution >= 4 is 40.8 Å². The van der Waals surface area contributed by atoms with E-state index in [1.807, 2.05) is 0 Å². The van der Waals surface area contributed by atoms with Gasteiger partial charge in [-0.25, -0.2) is 4.39 Å². The van der Waals surface area contributed by atoms with E-state index in [9.17, 15) is 23.9 Å². The van der Waals surface area contributed by atoms with Gasteiger partial charge in [0, 0.05) is 46.8 Å². The second-order valence-corrected chi connectivity index (χ2v) is 11.9. The molecule has 3 N–H and O–H groups in total. The standard InChI is InChI=1S/C33H36ClFN2O8/c1-33(2,18-38)17-37-25-12-10-20(34)15-22(25)30(21-6-5-7-26(43-3)31(21)44-4)45-27(32(37)42)16-28(39)36-24-14-19(8-11-23(24)35)9-13-29(40)41/h5-8,10-12,14-15,27,30,38H,9,13,16-18H2,1-4H3,(H,36,39)(H,40,41)/t27-,30-/m1/s1. The molecule has 1 aliphatic heterocycles. The van der Waals surface area contributed by atoms with E-state index < -0.39 is 47.6 Å². The normalized spacial score (nSPS) is 16.5. The summed E-state index contributed by atoms with van der Waals surface area (Å²) in [6.07, 6.45) is -2.82. The van der Waals surface area contributed by atoms with Crippen molar-refractivity contribution in [2.75, 3.05) is 37.6 Å². The molecule has 0 aliphatic carbocycles. The second-order valence-electron chi connectivity index (χ2n) is 11.5. The van der Waals surface area contributed by atoms with E-state index in [4.69, 9.17) is 30.9 Å². The summed E-state index contributed by atoms with van der Waals surface area (Å²) in [6, 6.07) is 14.2. The van der Waals surface area contributed by atoms with Gasteiger partial charge >= 0.3 is 5.97 Å². The molecule has 0 saturated carbocycles. The highest BCUT2D eigenvalue weighted by molar-refractivity contribution is 6.30. The number of aliphatic carboxylic acids is 1. The van der Waals surface area contributed by atoms with Crippen LogP contribution in [-0.2, 0) is 25.5 Å². The Kier molecular flexibility index (Phi) is 10.7. The Bertz CT molecular complexity index is 1580. The van der Waals surface area contributed by atoms with Gasteiger partial charge in [-0.2, -0.15) is 0 Å². The molecule has 2 amide bonds. The van der Waals surface area contributed by atoms with Crippen LogP contribution in [0.4, 0.5) is 15.8 Å². The predicted molar refractivity (Wildman–Crippen MR) is 167 cm³/mol. The van der Waals surface area contributed by atoms with Gasteiger partial charge in [0.05, 0.1) is 26.3 Å². The lowest BCUT2D eigenvalue weighted by atomic mass is 9.92. The zero-order valence-corrected chi connectivity index (χ0v) is 26.2. The van der Waals surface area contributed by atoms with Gasteiger partial charge in [0.1, 0.15) is 18.0 Å². The van der Waals surface area contributed by atoms with Crippen LogP contribution in [0, 0.1) is 11.2 Å². The van der Waals surface area contributed by atoms with Gasteiger partial charge in [-0.3, -0.25) is 14.4 Å². The van der Waals surface area contributed by atoms with Crippen LogP contribution in [0.3, 0.4) is 0 Å². The number of aryl methyl sites for hydroxylation is 1. The van der Waals surface area contributed by atoms with Gasteiger partial charge in [0.25, 0.3) is 5.91 Å². The second kappa shape index (κ2) is 14.3. The van der Waals surface area contributed by atoms with Crippen molar-refractivity contribution in [1.82, 2.24) is 0 Å². The highest BCUT2D eigenvalue weighted by atomic mass is 35.5. The van der Waals surface area contributed by atoms with Crippen molar-refractivity contribution < 1.29 is 43.2 Å². The maximum absolute atomic E-state index is 14.7. The largest absolute Gasteiger partial charge is 0.493 e. The first-order chi connectivity index (χ1) is 21.4. The Morgan fingerprint density at radius 3 is 2.51 bits per heavy atom. The molecule has 10 nitrogen and oxygen atoms in total. The molecule has 0 bridgehead atoms. The molecule has 12 heteroatoms. The number of aliphatic hydroxyl groups excluding tert-OH is 1. The topological polar surface area (TPSA) is 135 Å². The first-order valence-corrected chi connectivity index (χ1v) is 14.6. The quantitative estimate of drug-likeness (QED) is 0.240. The number of methoxy groups -OCH3 is 2. The molecule has 2 atom stereocenters. The van der Waals surface area contributed by atoms with E-state index in [2.05, 4.69) is 5.32 Å². The number of hydrogen-bond donors (Lipinski definition) is 3. The number of aliphatic hydroxyl groups is 1. The van der Waals surface area contributed by atoms with Gasteiger partial charge in [-0.05, 0) is 48.4 Å². The summed E-state index contributed by atoms with van der Waals surface area (Å²) in [5.41, 5.74) is 1.15. The summed E-state index contributed by atoms with van der Waals surface area (Å²) >= 11 is 6.45. The Hall–Kier alpha value is -4.19. The molecular formula is C33H36ClFN2O8. The van der Waals surface area contributed by atoms with Crippen LogP contribution in [0.1, 0.15) is 49.5 Å². The van der Waals surface area contributed by atoms with Crippen molar-refractivity contribution in [3.63, 3.8) is 0 Å². The van der Waals surface area contributed by atoms with E-state index in [1.165, 1.54) is 31.3 Å². The SMILES string of the molecule is COc1cccc([C@H]2O[C@H](CC(=O)Nc3cc(CCC(=O)O)ccc3F)C(=O)N(CC(C)(C)CO)c3ccc(Cl)cc32)c1OC. The maximum atomic E-state index is 14.7. The fourth-order valence-electron chi connectivity index (χ4n) is 5.15. The Morgan fingerprint density at radius 1 is 1.09 bits per heavy atom. The summed E-state index contributed by atoms with van der Waals surface area (Å²) in [5, 5.41) is 22.0. The van der Waals surface area contributed by atoms with Crippen molar-refractivity contribution in [2.24, 2.45) is 5.41 Å². The molecule has 45 heavy (non-hydrogen) atoms. The van der Waals surface area contributed by atoms with E-state index in [0.717, 1.165) is 6.07 Å². The lowest BCUT2D eigenvalue weighted by Gasteiger charge is -2.32. The van der Waals surface area contributed by atoms with Crippen LogP contribution in [0.25, 0.3) is 0 Å². The van der Waals surface area contributed by atoms with E-state index in [1.54, 1.807) is 50.2 Å². The molecule has 0 unspecified atom stereocenters. The molecule has 3 aromatic rings. The molecule has 0 spiro atoms. The van der Waals surface area contributed by atoms with Crippen molar-refractivity contribution in [3.05, 3.63) is 82.1 Å². The first kappa shape index (κ1) is 33.7. The highest BCUT2D eigenvalue weighted by Crippen LogP contribution is 2.45. The van der Waals surface area contributed by atoms with Crippen molar-refractivity contribution in [1.29, 1.82) is 0 Å². The molecular weight excluding hydrogens is 607 g/mol. The zero-order chi connectivity index (χ0) is 32.9. The number of anilines is 2.